The highest BCUT2D eigenvalue weighted by atomic mass is 35.5. The number of fused-ring (bicyclic) bond motifs is 2. The smallest absolute Gasteiger partial charge is 0.145 e. The van der Waals surface area contributed by atoms with Crippen LogP contribution in [0.1, 0.15) is 16.8 Å². The Kier molecular flexibility index (Phi) is 5.37. The average Bonchev–Trinajstić information content (AvgIpc) is 3.16. The lowest BCUT2D eigenvalue weighted by Gasteiger charge is -2.29. The normalized spacial score (nSPS) is 13.4. The van der Waals surface area contributed by atoms with E-state index in [1.165, 1.54) is 6.33 Å². The molecule has 0 saturated carbocycles. The second-order valence-electron chi connectivity index (χ2n) is 7.70. The molecule has 4 aromatic rings. The predicted octanol–water partition coefficient (Wildman–Crippen LogP) is 5.36. The third-order valence-corrected chi connectivity index (χ3v) is 5.88. The largest absolute Gasteiger partial charge is 0.489 e. The number of rotatable bonds is 5. The molecule has 1 aliphatic heterocycles. The van der Waals surface area contributed by atoms with Gasteiger partial charge in [-0.25, -0.2) is 9.97 Å². The molecular weight excluding hydrogens is 422 g/mol. The van der Waals surface area contributed by atoms with Crippen LogP contribution in [0.4, 0.5) is 11.4 Å². The summed E-state index contributed by atoms with van der Waals surface area (Å²) >= 11 is 6.58. The topological polar surface area (TPSA) is 55.5 Å². The van der Waals surface area contributed by atoms with Gasteiger partial charge in [-0.3, -0.25) is 4.99 Å². The molecular formula is C25H22ClN5O. The van der Waals surface area contributed by atoms with E-state index in [-0.39, 0.29) is 0 Å². The molecule has 0 unspecified atom stereocenters. The summed E-state index contributed by atoms with van der Waals surface area (Å²) in [6, 6.07) is 12.0. The Labute approximate surface area is 191 Å². The molecule has 0 bridgehead atoms. The van der Waals surface area contributed by atoms with Crippen molar-refractivity contribution in [1.29, 1.82) is 0 Å². The van der Waals surface area contributed by atoms with Gasteiger partial charge >= 0.3 is 0 Å². The fourth-order valence-corrected chi connectivity index (χ4v) is 4.32. The minimum absolute atomic E-state index is 0.587. The number of para-hydroxylation sites is 1. The third-order valence-electron chi connectivity index (χ3n) is 5.57. The van der Waals surface area contributed by atoms with Gasteiger partial charge in [0, 0.05) is 30.4 Å². The minimum Gasteiger partial charge on any atom is -0.489 e. The summed E-state index contributed by atoms with van der Waals surface area (Å²) in [6.45, 7) is 5.96. The van der Waals surface area contributed by atoms with Gasteiger partial charge in [0.1, 0.15) is 24.4 Å². The lowest BCUT2D eigenvalue weighted by molar-refractivity contribution is 0.311. The number of aliphatic imine (C=N–C) groups is 1. The Bertz CT molecular complexity index is 1330. The van der Waals surface area contributed by atoms with Crippen molar-refractivity contribution in [1.82, 2.24) is 14.5 Å². The number of benzene rings is 2. The van der Waals surface area contributed by atoms with Gasteiger partial charge in [0.2, 0.25) is 0 Å². The van der Waals surface area contributed by atoms with E-state index in [1.54, 1.807) is 0 Å². The molecule has 2 aromatic carbocycles. The van der Waals surface area contributed by atoms with Gasteiger partial charge in [0.05, 0.1) is 41.2 Å². The van der Waals surface area contributed by atoms with Gasteiger partial charge in [-0.2, -0.15) is 0 Å². The molecule has 1 aliphatic rings. The monoisotopic (exact) mass is 443 g/mol. The fraction of sp³-hybridized carbons (Fsp3) is 0.160. The van der Waals surface area contributed by atoms with Gasteiger partial charge in [-0.05, 0) is 29.8 Å². The summed E-state index contributed by atoms with van der Waals surface area (Å²) in [5.41, 5.74) is 5.67. The van der Waals surface area contributed by atoms with Crippen LogP contribution in [0.25, 0.3) is 17.0 Å². The molecule has 7 heteroatoms. The Morgan fingerprint density at radius 1 is 1.22 bits per heavy atom. The summed E-state index contributed by atoms with van der Waals surface area (Å²) in [5.74, 6) is 0.827. The maximum Gasteiger partial charge on any atom is 0.145 e. The number of hydrogen-bond acceptors (Lipinski definition) is 5. The van der Waals surface area contributed by atoms with Crippen molar-refractivity contribution >= 4 is 46.2 Å². The zero-order chi connectivity index (χ0) is 22.1. The Morgan fingerprint density at radius 2 is 2.06 bits per heavy atom. The SMILES string of the molecule is C=Cc1cc(/N=C/c2cc3cccc(Cl)c3n2Cc2cncnc2)c2c(c1)OCCN2C. The van der Waals surface area contributed by atoms with Crippen molar-refractivity contribution in [2.45, 2.75) is 6.54 Å². The highest BCUT2D eigenvalue weighted by Crippen LogP contribution is 2.41. The fourth-order valence-electron chi connectivity index (χ4n) is 4.03. The van der Waals surface area contributed by atoms with Crippen molar-refractivity contribution < 1.29 is 4.74 Å². The second kappa shape index (κ2) is 8.48. The molecule has 2 aromatic heterocycles. The highest BCUT2D eigenvalue weighted by molar-refractivity contribution is 6.35. The predicted molar refractivity (Wildman–Crippen MR) is 131 cm³/mol. The molecule has 0 radical (unpaired) electrons. The zero-order valence-electron chi connectivity index (χ0n) is 17.7. The van der Waals surface area contributed by atoms with Gasteiger partial charge in [0.25, 0.3) is 0 Å². The molecule has 0 amide bonds. The Hall–Kier alpha value is -3.64. The zero-order valence-corrected chi connectivity index (χ0v) is 18.5. The molecule has 0 N–H and O–H groups in total. The molecule has 0 aliphatic carbocycles. The summed E-state index contributed by atoms with van der Waals surface area (Å²) in [5, 5.41) is 1.75. The van der Waals surface area contributed by atoms with Crippen LogP contribution in [-0.2, 0) is 6.54 Å². The molecule has 6 nitrogen and oxygen atoms in total. The number of nitrogens with zero attached hydrogens (tertiary/aromatic N) is 5. The summed E-state index contributed by atoms with van der Waals surface area (Å²) in [7, 11) is 2.06. The highest BCUT2D eigenvalue weighted by Gasteiger charge is 2.20. The standard InChI is InChI=1S/C25H22ClN5O/c1-3-17-9-22(25-23(10-17)32-8-7-30(25)2)29-14-20-11-19-5-4-6-21(26)24(19)31(20)15-18-12-27-16-28-13-18/h3-6,9-14,16H,1,7-8,15H2,2H3/b29-14+. The maximum atomic E-state index is 6.58. The van der Waals surface area contributed by atoms with Crippen LogP contribution in [0.15, 0.2) is 66.7 Å². The number of hydrogen-bond donors (Lipinski definition) is 0. The number of aromatic nitrogens is 3. The van der Waals surface area contributed by atoms with E-state index in [2.05, 4.69) is 45.2 Å². The quantitative estimate of drug-likeness (QED) is 0.390. The van der Waals surface area contributed by atoms with Crippen LogP contribution < -0.4 is 9.64 Å². The molecule has 5 rings (SSSR count). The molecule has 0 spiro atoms. The summed E-state index contributed by atoms with van der Waals surface area (Å²) in [6.07, 6.45) is 8.84. The Morgan fingerprint density at radius 3 is 2.88 bits per heavy atom. The van der Waals surface area contributed by atoms with Crippen molar-refractivity contribution in [2.24, 2.45) is 4.99 Å². The van der Waals surface area contributed by atoms with Gasteiger partial charge in [0.15, 0.2) is 0 Å². The second-order valence-corrected chi connectivity index (χ2v) is 8.11. The van der Waals surface area contributed by atoms with Crippen molar-refractivity contribution in [3.05, 3.63) is 83.5 Å². The molecule has 0 fully saturated rings. The first kappa shape index (κ1) is 20.3. The third kappa shape index (κ3) is 3.74. The first-order valence-corrected chi connectivity index (χ1v) is 10.7. The average molecular weight is 444 g/mol. The van der Waals surface area contributed by atoms with Crippen LogP contribution in [0.3, 0.4) is 0 Å². The van der Waals surface area contributed by atoms with Crippen molar-refractivity contribution in [3.8, 4) is 5.75 Å². The molecule has 160 valence electrons. The first-order chi connectivity index (χ1) is 15.6. The maximum absolute atomic E-state index is 6.58. The van der Waals surface area contributed by atoms with Gasteiger partial charge in [-0.1, -0.05) is 36.4 Å². The van der Waals surface area contributed by atoms with Gasteiger partial charge < -0.3 is 14.2 Å². The van der Waals surface area contributed by atoms with Crippen LogP contribution >= 0.6 is 11.6 Å². The molecule has 0 saturated heterocycles. The minimum atomic E-state index is 0.587. The van der Waals surface area contributed by atoms with Crippen molar-refractivity contribution in [3.63, 3.8) is 0 Å². The van der Waals surface area contributed by atoms with E-state index in [4.69, 9.17) is 21.3 Å². The first-order valence-electron chi connectivity index (χ1n) is 10.3. The number of likely N-dealkylation sites (N-methyl/N-ethyl adjacent to an activating group) is 1. The van der Waals surface area contributed by atoms with Crippen LogP contribution in [-0.4, -0.2) is 40.9 Å². The van der Waals surface area contributed by atoms with E-state index in [0.29, 0.717) is 18.2 Å². The van der Waals surface area contributed by atoms with E-state index < -0.39 is 0 Å². The lowest BCUT2D eigenvalue weighted by atomic mass is 10.1. The van der Waals surface area contributed by atoms with Crippen LogP contribution in [0.5, 0.6) is 5.75 Å². The summed E-state index contributed by atoms with van der Waals surface area (Å²) < 4.78 is 8.04. The Balaban J connectivity index is 1.63. The van der Waals surface area contributed by atoms with Crippen molar-refractivity contribution in [2.75, 3.05) is 25.1 Å². The van der Waals surface area contributed by atoms with E-state index in [0.717, 1.165) is 51.4 Å². The molecule has 3 heterocycles. The molecule has 0 atom stereocenters. The van der Waals surface area contributed by atoms with E-state index in [9.17, 15) is 0 Å². The number of anilines is 1. The van der Waals surface area contributed by atoms with E-state index in [1.807, 2.05) is 48.9 Å². The summed E-state index contributed by atoms with van der Waals surface area (Å²) in [4.78, 5) is 15.4. The van der Waals surface area contributed by atoms with Crippen LogP contribution in [0.2, 0.25) is 5.02 Å². The van der Waals surface area contributed by atoms with Crippen LogP contribution in [0, 0.1) is 0 Å². The lowest BCUT2D eigenvalue weighted by Crippen LogP contribution is -2.28. The molecule has 32 heavy (non-hydrogen) atoms. The number of halogens is 1. The van der Waals surface area contributed by atoms with Gasteiger partial charge in [-0.15, -0.1) is 0 Å². The number of ether oxygens (including phenoxy) is 1. The van der Waals surface area contributed by atoms with E-state index >= 15 is 0 Å².